The van der Waals surface area contributed by atoms with Gasteiger partial charge in [-0.1, -0.05) is 17.7 Å². The molecule has 0 saturated heterocycles. The van der Waals surface area contributed by atoms with Crippen molar-refractivity contribution < 1.29 is 4.74 Å². The fraction of sp³-hybridized carbons (Fsp3) is 0.214. The Hall–Kier alpha value is -2.34. The van der Waals surface area contributed by atoms with Crippen molar-refractivity contribution >= 4 is 28.6 Å². The lowest BCUT2D eigenvalue weighted by Crippen LogP contribution is -2.03. The van der Waals surface area contributed by atoms with Crippen molar-refractivity contribution in [2.75, 3.05) is 11.9 Å². The Kier molecular flexibility index (Phi) is 3.62. The zero-order valence-corrected chi connectivity index (χ0v) is 12.4. The van der Waals surface area contributed by atoms with Crippen molar-refractivity contribution in [2.24, 2.45) is 0 Å². The van der Waals surface area contributed by atoms with Crippen LogP contribution in [0.15, 0.2) is 24.4 Å². The molecule has 2 N–H and O–H groups in total. The first-order valence-electron chi connectivity index (χ1n) is 6.56. The van der Waals surface area contributed by atoms with Crippen molar-refractivity contribution in [3.63, 3.8) is 0 Å². The predicted octanol–water partition coefficient (Wildman–Crippen LogP) is 3.54. The van der Waals surface area contributed by atoms with Crippen LogP contribution >= 0.6 is 11.6 Å². The highest BCUT2D eigenvalue weighted by molar-refractivity contribution is 6.30. The topological polar surface area (TPSA) is 75.7 Å². The molecule has 3 rings (SSSR count). The van der Waals surface area contributed by atoms with Crippen LogP contribution in [-0.4, -0.2) is 26.7 Å². The van der Waals surface area contributed by atoms with Crippen molar-refractivity contribution in [1.82, 2.24) is 20.2 Å². The van der Waals surface area contributed by atoms with Gasteiger partial charge in [0.25, 0.3) is 0 Å². The van der Waals surface area contributed by atoms with E-state index in [1.54, 1.807) is 12.3 Å². The quantitative estimate of drug-likeness (QED) is 0.771. The second kappa shape index (κ2) is 5.57. The molecule has 0 aliphatic rings. The summed E-state index contributed by atoms with van der Waals surface area (Å²) < 4.78 is 5.91. The van der Waals surface area contributed by atoms with E-state index in [-0.39, 0.29) is 0 Å². The van der Waals surface area contributed by atoms with E-state index in [1.165, 1.54) is 0 Å². The molecule has 0 amide bonds. The largest absolute Gasteiger partial charge is 0.438 e. The van der Waals surface area contributed by atoms with E-state index < -0.39 is 0 Å². The van der Waals surface area contributed by atoms with Gasteiger partial charge in [0.1, 0.15) is 11.1 Å². The number of benzene rings is 1. The van der Waals surface area contributed by atoms with Crippen LogP contribution in [0.4, 0.5) is 5.95 Å². The molecule has 0 atom stereocenters. The van der Waals surface area contributed by atoms with Crippen LogP contribution in [0.2, 0.25) is 5.02 Å². The number of aromatic amines is 1. The van der Waals surface area contributed by atoms with Gasteiger partial charge in [-0.3, -0.25) is 5.10 Å². The van der Waals surface area contributed by atoms with Gasteiger partial charge in [0.15, 0.2) is 5.65 Å². The maximum Gasteiger partial charge on any atom is 0.235 e. The summed E-state index contributed by atoms with van der Waals surface area (Å²) in [6, 6.07) is 5.48. The molecule has 3 aromatic rings. The van der Waals surface area contributed by atoms with Crippen LogP contribution in [0.1, 0.15) is 12.5 Å². The fourth-order valence-electron chi connectivity index (χ4n) is 1.91. The minimum atomic E-state index is 0.440. The third kappa shape index (κ3) is 2.75. The molecular weight excluding hydrogens is 290 g/mol. The number of aryl methyl sites for hydroxylation is 1. The Morgan fingerprint density at radius 1 is 1.33 bits per heavy atom. The Labute approximate surface area is 126 Å². The molecule has 1 aromatic carbocycles. The molecule has 0 aliphatic carbocycles. The summed E-state index contributed by atoms with van der Waals surface area (Å²) in [5.74, 6) is 1.59. The smallest absolute Gasteiger partial charge is 0.235 e. The van der Waals surface area contributed by atoms with Crippen molar-refractivity contribution in [2.45, 2.75) is 13.8 Å². The van der Waals surface area contributed by atoms with Gasteiger partial charge in [0.2, 0.25) is 11.8 Å². The second-order valence-electron chi connectivity index (χ2n) is 4.53. The SMILES string of the molecule is CCNc1nc(Oc2cc(Cl)ccc2C)c2cn[nH]c2n1. The van der Waals surface area contributed by atoms with Gasteiger partial charge in [0.05, 0.1) is 6.20 Å². The van der Waals surface area contributed by atoms with Crippen LogP contribution in [0.5, 0.6) is 11.6 Å². The molecular formula is C14H14ClN5O. The number of hydrogen-bond donors (Lipinski definition) is 2. The summed E-state index contributed by atoms with van der Waals surface area (Å²) in [5.41, 5.74) is 1.59. The molecule has 0 saturated carbocycles. The maximum atomic E-state index is 6.02. The lowest BCUT2D eigenvalue weighted by molar-refractivity contribution is 0.465. The number of aromatic nitrogens is 4. The highest BCUT2D eigenvalue weighted by Gasteiger charge is 2.12. The van der Waals surface area contributed by atoms with E-state index in [0.717, 1.165) is 17.5 Å². The van der Waals surface area contributed by atoms with E-state index in [4.69, 9.17) is 16.3 Å². The third-order valence-corrected chi connectivity index (χ3v) is 3.20. The number of ether oxygens (including phenoxy) is 1. The lowest BCUT2D eigenvalue weighted by Gasteiger charge is -2.10. The summed E-state index contributed by atoms with van der Waals surface area (Å²) in [7, 11) is 0. The average molecular weight is 304 g/mol. The highest BCUT2D eigenvalue weighted by Crippen LogP contribution is 2.31. The molecule has 21 heavy (non-hydrogen) atoms. The fourth-order valence-corrected chi connectivity index (χ4v) is 2.07. The number of anilines is 1. The first kappa shape index (κ1) is 13.6. The van der Waals surface area contributed by atoms with Crippen LogP contribution in [0.25, 0.3) is 11.0 Å². The van der Waals surface area contributed by atoms with Crippen LogP contribution in [0, 0.1) is 6.92 Å². The Bertz CT molecular complexity index is 786. The molecule has 2 aromatic heterocycles. The number of rotatable bonds is 4. The second-order valence-corrected chi connectivity index (χ2v) is 4.96. The van der Waals surface area contributed by atoms with Gasteiger partial charge < -0.3 is 10.1 Å². The van der Waals surface area contributed by atoms with Crippen LogP contribution in [-0.2, 0) is 0 Å². The summed E-state index contributed by atoms with van der Waals surface area (Å²) in [6.07, 6.45) is 1.64. The molecule has 0 spiro atoms. The monoisotopic (exact) mass is 303 g/mol. The number of nitrogens with zero attached hydrogens (tertiary/aromatic N) is 3. The minimum absolute atomic E-state index is 0.440. The highest BCUT2D eigenvalue weighted by atomic mass is 35.5. The van der Waals surface area contributed by atoms with Gasteiger partial charge in [-0.25, -0.2) is 0 Å². The van der Waals surface area contributed by atoms with E-state index in [2.05, 4.69) is 25.5 Å². The molecule has 108 valence electrons. The number of hydrogen-bond acceptors (Lipinski definition) is 5. The van der Waals surface area contributed by atoms with E-state index >= 15 is 0 Å². The van der Waals surface area contributed by atoms with Crippen molar-refractivity contribution in [1.29, 1.82) is 0 Å². The molecule has 0 radical (unpaired) electrons. The van der Waals surface area contributed by atoms with Gasteiger partial charge in [-0.05, 0) is 31.5 Å². The summed E-state index contributed by atoms with van der Waals surface area (Å²) in [6.45, 7) is 4.64. The first-order valence-corrected chi connectivity index (χ1v) is 6.94. The molecule has 0 fully saturated rings. The lowest BCUT2D eigenvalue weighted by atomic mass is 10.2. The first-order chi connectivity index (χ1) is 10.2. The standard InChI is InChI=1S/C14H14ClN5O/c1-3-16-14-18-12-10(7-17-20-12)13(19-14)21-11-6-9(15)5-4-8(11)2/h4-7H,3H2,1-2H3,(H2,16,17,18,19,20). The normalized spacial score (nSPS) is 10.8. The summed E-state index contributed by atoms with van der Waals surface area (Å²) in [4.78, 5) is 8.70. The Balaban J connectivity index is 2.06. The Morgan fingerprint density at radius 3 is 3.00 bits per heavy atom. The molecule has 0 unspecified atom stereocenters. The molecule has 2 heterocycles. The van der Waals surface area contributed by atoms with Gasteiger partial charge in [0, 0.05) is 11.6 Å². The summed E-state index contributed by atoms with van der Waals surface area (Å²) in [5, 5.41) is 11.2. The molecule has 6 nitrogen and oxygen atoms in total. The van der Waals surface area contributed by atoms with Crippen LogP contribution in [0.3, 0.4) is 0 Å². The van der Waals surface area contributed by atoms with Crippen molar-refractivity contribution in [3.05, 3.63) is 35.0 Å². The van der Waals surface area contributed by atoms with E-state index in [1.807, 2.05) is 26.0 Å². The van der Waals surface area contributed by atoms with Crippen molar-refractivity contribution in [3.8, 4) is 11.6 Å². The van der Waals surface area contributed by atoms with Gasteiger partial charge >= 0.3 is 0 Å². The molecule has 0 aliphatic heterocycles. The molecule has 7 heteroatoms. The number of halogens is 1. The molecule has 0 bridgehead atoms. The average Bonchev–Trinajstić information content (AvgIpc) is 2.92. The number of H-pyrrole nitrogens is 1. The zero-order valence-electron chi connectivity index (χ0n) is 11.6. The predicted molar refractivity (Wildman–Crippen MR) is 82.1 cm³/mol. The number of nitrogens with one attached hydrogen (secondary N) is 2. The van der Waals surface area contributed by atoms with Crippen LogP contribution < -0.4 is 10.1 Å². The Morgan fingerprint density at radius 2 is 2.19 bits per heavy atom. The van der Waals surface area contributed by atoms with Gasteiger partial charge in [-0.15, -0.1) is 0 Å². The third-order valence-electron chi connectivity index (χ3n) is 2.97. The van der Waals surface area contributed by atoms with Gasteiger partial charge in [-0.2, -0.15) is 15.1 Å². The summed E-state index contributed by atoms with van der Waals surface area (Å²) >= 11 is 6.02. The van der Waals surface area contributed by atoms with E-state index in [0.29, 0.717) is 28.2 Å². The number of fused-ring (bicyclic) bond motifs is 1. The maximum absolute atomic E-state index is 6.02. The van der Waals surface area contributed by atoms with E-state index in [9.17, 15) is 0 Å². The zero-order chi connectivity index (χ0) is 14.8. The minimum Gasteiger partial charge on any atom is -0.438 e.